The molecule has 0 aliphatic heterocycles. The lowest BCUT2D eigenvalue weighted by molar-refractivity contribution is 0.489. The van der Waals surface area contributed by atoms with Crippen LogP contribution in [0.4, 0.5) is 0 Å². The summed E-state index contributed by atoms with van der Waals surface area (Å²) in [6.07, 6.45) is 1.41. The molecule has 0 saturated heterocycles. The molecule has 1 heterocycles. The van der Waals surface area contributed by atoms with Crippen LogP contribution in [0.2, 0.25) is 0 Å². The van der Waals surface area contributed by atoms with Gasteiger partial charge in [0.1, 0.15) is 0 Å². The van der Waals surface area contributed by atoms with E-state index in [0.29, 0.717) is 0 Å². The van der Waals surface area contributed by atoms with E-state index in [9.17, 15) is 0 Å². The third-order valence-corrected chi connectivity index (χ3v) is 0.993. The maximum Gasteiger partial charge on any atom is 0.191 e. The molecule has 0 amide bonds. The van der Waals surface area contributed by atoms with Crippen molar-refractivity contribution in [3.63, 3.8) is 0 Å². The van der Waals surface area contributed by atoms with Crippen molar-refractivity contribution in [1.29, 1.82) is 0 Å². The van der Waals surface area contributed by atoms with Crippen LogP contribution in [0.25, 0.3) is 0 Å². The molecular formula is C3H6Cl3NOS. The van der Waals surface area contributed by atoms with Crippen LogP contribution in [0.1, 0.15) is 0 Å². The van der Waals surface area contributed by atoms with Crippen LogP contribution in [-0.2, 0) is 0 Å². The molecule has 2 nitrogen and oxygen atoms in total. The maximum absolute atomic E-state index is 8.43. The third-order valence-electron chi connectivity index (χ3n) is 0.419. The van der Waals surface area contributed by atoms with Crippen LogP contribution in [0.3, 0.4) is 0 Å². The van der Waals surface area contributed by atoms with Gasteiger partial charge in [0.2, 0.25) is 0 Å². The van der Waals surface area contributed by atoms with Gasteiger partial charge >= 0.3 is 0 Å². The van der Waals surface area contributed by atoms with Gasteiger partial charge in [-0.1, -0.05) is 11.3 Å². The van der Waals surface area contributed by atoms with Crippen molar-refractivity contribution in [1.82, 2.24) is 4.98 Å². The molecule has 0 aliphatic carbocycles. The van der Waals surface area contributed by atoms with Crippen molar-refractivity contribution in [2.24, 2.45) is 0 Å². The number of thiazole rings is 1. The smallest absolute Gasteiger partial charge is 0.191 e. The van der Waals surface area contributed by atoms with Gasteiger partial charge in [-0.05, 0) is 0 Å². The summed E-state index contributed by atoms with van der Waals surface area (Å²) in [6.45, 7) is 0. The molecule has 0 bridgehead atoms. The lowest BCUT2D eigenvalue weighted by Crippen LogP contribution is -1.43. The molecule has 0 unspecified atom stereocenters. The molecule has 9 heavy (non-hydrogen) atoms. The van der Waals surface area contributed by atoms with Gasteiger partial charge in [-0.15, -0.1) is 37.2 Å². The first kappa shape index (κ1) is 16.1. The summed E-state index contributed by atoms with van der Waals surface area (Å²) in [5.41, 5.74) is 1.58. The summed E-state index contributed by atoms with van der Waals surface area (Å²) in [5, 5.41) is 8.70. The zero-order valence-corrected chi connectivity index (χ0v) is 7.45. The van der Waals surface area contributed by atoms with Gasteiger partial charge in [-0.2, -0.15) is 0 Å². The Hall–Kier alpha value is 0.300. The molecule has 1 rings (SSSR count). The normalized spacial score (nSPS) is 5.78. The van der Waals surface area contributed by atoms with Crippen LogP contribution in [-0.4, -0.2) is 10.1 Å². The third kappa shape index (κ3) is 6.18. The first-order valence-electron chi connectivity index (χ1n) is 1.47. The number of rotatable bonds is 0. The van der Waals surface area contributed by atoms with E-state index in [-0.39, 0.29) is 42.3 Å². The number of aromatic nitrogens is 1. The molecule has 0 atom stereocenters. The van der Waals surface area contributed by atoms with Crippen molar-refractivity contribution >= 4 is 48.6 Å². The highest BCUT2D eigenvalue weighted by atomic mass is 35.5. The molecule has 0 fully saturated rings. The summed E-state index contributed by atoms with van der Waals surface area (Å²) in [6, 6.07) is 0. The molecule has 0 spiro atoms. The van der Waals surface area contributed by atoms with E-state index in [1.54, 1.807) is 5.51 Å². The first-order chi connectivity index (χ1) is 2.89. The zero-order valence-electron chi connectivity index (χ0n) is 4.18. The fraction of sp³-hybridized carbons (Fsp3) is 0. The minimum Gasteiger partial charge on any atom is -0.498 e. The number of halogens is 3. The average Bonchev–Trinajstić information content (AvgIpc) is 1.86. The van der Waals surface area contributed by atoms with Gasteiger partial charge in [0.15, 0.2) is 5.06 Å². The summed E-state index contributed by atoms with van der Waals surface area (Å²) < 4.78 is 0. The SMILES string of the molecule is Cl.Cl.Cl.Oc1cncs1. The van der Waals surface area contributed by atoms with Gasteiger partial charge in [-0.3, -0.25) is 0 Å². The van der Waals surface area contributed by atoms with Crippen LogP contribution in [0.5, 0.6) is 5.06 Å². The van der Waals surface area contributed by atoms with Crippen LogP contribution in [0, 0.1) is 0 Å². The molecule has 0 saturated carbocycles. The minimum atomic E-state index is 0. The molecule has 1 aromatic heterocycles. The predicted molar refractivity (Wildman–Crippen MR) is 45.5 cm³/mol. The van der Waals surface area contributed by atoms with Gasteiger partial charge in [0.25, 0.3) is 0 Å². The van der Waals surface area contributed by atoms with Crippen molar-refractivity contribution < 1.29 is 5.11 Å². The van der Waals surface area contributed by atoms with E-state index in [0.717, 1.165) is 0 Å². The Morgan fingerprint density at radius 2 is 1.89 bits per heavy atom. The molecule has 6 heteroatoms. The Morgan fingerprint density at radius 3 is 2.00 bits per heavy atom. The summed E-state index contributed by atoms with van der Waals surface area (Å²) in [5.74, 6) is 0. The summed E-state index contributed by atoms with van der Waals surface area (Å²) in [7, 11) is 0. The quantitative estimate of drug-likeness (QED) is 0.711. The Bertz CT molecular complexity index is 123. The van der Waals surface area contributed by atoms with Gasteiger partial charge in [-0.25, -0.2) is 4.98 Å². The van der Waals surface area contributed by atoms with Crippen LogP contribution >= 0.6 is 48.6 Å². The average molecular weight is 211 g/mol. The van der Waals surface area contributed by atoms with Gasteiger partial charge < -0.3 is 5.11 Å². The number of hydrogen-bond acceptors (Lipinski definition) is 3. The number of nitrogens with zero attached hydrogens (tertiary/aromatic N) is 1. The predicted octanol–water partition coefficient (Wildman–Crippen LogP) is 2.11. The number of hydrogen-bond donors (Lipinski definition) is 1. The molecule has 1 N–H and O–H groups in total. The molecule has 0 aromatic carbocycles. The number of aromatic hydroxyl groups is 1. The highest BCUT2D eigenvalue weighted by Gasteiger charge is 1.79. The Morgan fingerprint density at radius 1 is 1.33 bits per heavy atom. The lowest BCUT2D eigenvalue weighted by atomic mass is 10.9. The van der Waals surface area contributed by atoms with Crippen molar-refractivity contribution in [3.8, 4) is 5.06 Å². The van der Waals surface area contributed by atoms with Gasteiger partial charge in [0.05, 0.1) is 11.7 Å². The standard InChI is InChI=1S/C3H3NOS.3ClH/c5-3-1-4-2-6-3;;;/h1-2,5H;3*1H. The minimum absolute atomic E-state index is 0. The van der Waals surface area contributed by atoms with E-state index < -0.39 is 0 Å². The molecule has 1 aromatic rings. The van der Waals surface area contributed by atoms with E-state index in [1.807, 2.05) is 0 Å². The highest BCUT2D eigenvalue weighted by Crippen LogP contribution is 2.11. The second-order valence-electron chi connectivity index (χ2n) is 0.840. The van der Waals surface area contributed by atoms with E-state index in [2.05, 4.69) is 4.98 Å². The Labute approximate surface area is 75.5 Å². The molecular weight excluding hydrogens is 204 g/mol. The topological polar surface area (TPSA) is 33.1 Å². The highest BCUT2D eigenvalue weighted by molar-refractivity contribution is 7.11. The fourth-order valence-corrected chi connectivity index (χ4v) is 0.560. The largest absolute Gasteiger partial charge is 0.498 e. The molecule has 0 aliphatic rings. The summed E-state index contributed by atoms with van der Waals surface area (Å²) in [4.78, 5) is 3.59. The van der Waals surface area contributed by atoms with Crippen LogP contribution < -0.4 is 0 Å². The monoisotopic (exact) mass is 209 g/mol. The van der Waals surface area contributed by atoms with Crippen molar-refractivity contribution in [2.75, 3.05) is 0 Å². The van der Waals surface area contributed by atoms with E-state index in [4.69, 9.17) is 5.11 Å². The zero-order chi connectivity index (χ0) is 4.41. The van der Waals surface area contributed by atoms with E-state index >= 15 is 0 Å². The Kier molecular flexibility index (Phi) is 14.9. The summed E-state index contributed by atoms with van der Waals surface area (Å²) >= 11 is 1.22. The second-order valence-corrected chi connectivity index (χ2v) is 1.70. The van der Waals surface area contributed by atoms with Crippen molar-refractivity contribution in [2.45, 2.75) is 0 Å². The second kappa shape index (κ2) is 8.30. The van der Waals surface area contributed by atoms with Crippen LogP contribution in [0.15, 0.2) is 11.7 Å². The van der Waals surface area contributed by atoms with E-state index in [1.165, 1.54) is 17.5 Å². The van der Waals surface area contributed by atoms with Gasteiger partial charge in [0, 0.05) is 0 Å². The fourth-order valence-electron chi connectivity index (χ4n) is 0.209. The maximum atomic E-state index is 8.43. The van der Waals surface area contributed by atoms with Crippen molar-refractivity contribution in [3.05, 3.63) is 11.7 Å². The molecule has 56 valence electrons. The molecule has 0 radical (unpaired) electrons. The first-order valence-corrected chi connectivity index (χ1v) is 2.35. The lowest BCUT2D eigenvalue weighted by Gasteiger charge is -1.65. The Balaban J connectivity index is -0.000000120.